The third-order valence-corrected chi connectivity index (χ3v) is 12.2. The molecule has 2 heteroatoms. The third kappa shape index (κ3) is 6.37. The van der Waals surface area contributed by atoms with Crippen LogP contribution in [0.5, 0.6) is 0 Å². The third-order valence-electron chi connectivity index (χ3n) is 12.2. The Morgan fingerprint density at radius 1 is 0.262 bits per heavy atom. The van der Waals surface area contributed by atoms with E-state index in [1.54, 1.807) is 0 Å². The quantitative estimate of drug-likeness (QED) is 0.154. The van der Waals surface area contributed by atoms with Gasteiger partial charge in [0.25, 0.3) is 0 Å². The Bertz CT molecular complexity index is 3120. The van der Waals surface area contributed by atoms with Crippen molar-refractivity contribution in [3.05, 3.63) is 265 Å². The standard InChI is InChI=1S/C59H40N2/c1-5-18-41(19-6-1)46-23-16-25-48(39-46)56-40-55(43-20-7-2-8-21-43)60-58(61-56)44-36-34-42(35-37-44)45-22-15-24-47(38-45)51-31-17-33-54-57(51)52-30-13-14-32-53(52)59(54,49-26-9-3-10-27-49)50-28-11-4-12-29-50/h1-40H. The fourth-order valence-electron chi connectivity index (χ4n) is 9.38. The van der Waals surface area contributed by atoms with Crippen LogP contribution in [0.4, 0.5) is 0 Å². The number of fused-ring (bicyclic) bond motifs is 3. The molecule has 0 bridgehead atoms. The van der Waals surface area contributed by atoms with E-state index in [1.165, 1.54) is 50.1 Å². The van der Waals surface area contributed by atoms with Crippen molar-refractivity contribution in [1.82, 2.24) is 9.97 Å². The molecule has 1 aromatic heterocycles. The zero-order valence-corrected chi connectivity index (χ0v) is 33.5. The summed E-state index contributed by atoms with van der Waals surface area (Å²) in [6, 6.07) is 87.1. The summed E-state index contributed by atoms with van der Waals surface area (Å²) in [6.07, 6.45) is 0. The summed E-state index contributed by atoms with van der Waals surface area (Å²) in [7, 11) is 0. The molecule has 0 N–H and O–H groups in total. The van der Waals surface area contributed by atoms with Crippen LogP contribution in [0, 0.1) is 0 Å². The smallest absolute Gasteiger partial charge is 0.160 e. The fraction of sp³-hybridized carbons (Fsp3) is 0.0169. The molecule has 1 aliphatic carbocycles. The molecule has 11 rings (SSSR count). The van der Waals surface area contributed by atoms with E-state index >= 15 is 0 Å². The van der Waals surface area contributed by atoms with Gasteiger partial charge < -0.3 is 0 Å². The summed E-state index contributed by atoms with van der Waals surface area (Å²) >= 11 is 0. The molecule has 61 heavy (non-hydrogen) atoms. The van der Waals surface area contributed by atoms with Gasteiger partial charge in [-0.2, -0.15) is 0 Å². The fourth-order valence-corrected chi connectivity index (χ4v) is 9.38. The lowest BCUT2D eigenvalue weighted by molar-refractivity contribution is 0.768. The maximum absolute atomic E-state index is 5.19. The molecule has 0 atom stereocenters. The molecule has 0 fully saturated rings. The monoisotopic (exact) mass is 776 g/mol. The number of benzene rings is 9. The van der Waals surface area contributed by atoms with Gasteiger partial charge in [-0.1, -0.05) is 224 Å². The van der Waals surface area contributed by atoms with Crippen molar-refractivity contribution in [2.45, 2.75) is 5.41 Å². The van der Waals surface area contributed by atoms with Gasteiger partial charge in [-0.05, 0) is 85.0 Å². The van der Waals surface area contributed by atoms with Crippen molar-refractivity contribution in [2.75, 3.05) is 0 Å². The number of hydrogen-bond acceptors (Lipinski definition) is 2. The molecule has 0 radical (unpaired) electrons. The van der Waals surface area contributed by atoms with Crippen LogP contribution in [0.25, 0.3) is 78.4 Å². The van der Waals surface area contributed by atoms with Gasteiger partial charge in [0, 0.05) is 16.7 Å². The summed E-state index contributed by atoms with van der Waals surface area (Å²) < 4.78 is 0. The Morgan fingerprint density at radius 3 is 1.34 bits per heavy atom. The van der Waals surface area contributed by atoms with Gasteiger partial charge in [0.1, 0.15) is 0 Å². The first-order chi connectivity index (χ1) is 30.2. The maximum atomic E-state index is 5.19. The molecule has 1 heterocycles. The molecule has 0 aliphatic heterocycles. The van der Waals surface area contributed by atoms with Crippen LogP contribution in [-0.4, -0.2) is 9.97 Å². The van der Waals surface area contributed by atoms with Crippen LogP contribution in [0.2, 0.25) is 0 Å². The van der Waals surface area contributed by atoms with Crippen molar-refractivity contribution < 1.29 is 0 Å². The highest BCUT2D eigenvalue weighted by atomic mass is 14.9. The number of aromatic nitrogens is 2. The van der Waals surface area contributed by atoms with Gasteiger partial charge in [0.05, 0.1) is 16.8 Å². The van der Waals surface area contributed by atoms with E-state index in [1.807, 2.05) is 12.1 Å². The lowest BCUT2D eigenvalue weighted by Crippen LogP contribution is -2.28. The van der Waals surface area contributed by atoms with E-state index in [4.69, 9.17) is 9.97 Å². The molecule has 1 aliphatic rings. The number of rotatable bonds is 8. The minimum atomic E-state index is -0.442. The Kier molecular flexibility index (Phi) is 9.09. The van der Waals surface area contributed by atoms with Crippen molar-refractivity contribution in [1.29, 1.82) is 0 Å². The zero-order chi connectivity index (χ0) is 40.6. The van der Waals surface area contributed by atoms with E-state index in [2.05, 4.69) is 231 Å². The van der Waals surface area contributed by atoms with Gasteiger partial charge in [-0.3, -0.25) is 0 Å². The van der Waals surface area contributed by atoms with Crippen LogP contribution in [0.1, 0.15) is 22.3 Å². The van der Waals surface area contributed by atoms with Gasteiger partial charge in [0.2, 0.25) is 0 Å². The van der Waals surface area contributed by atoms with Crippen LogP contribution >= 0.6 is 0 Å². The minimum Gasteiger partial charge on any atom is -0.228 e. The van der Waals surface area contributed by atoms with Gasteiger partial charge >= 0.3 is 0 Å². The van der Waals surface area contributed by atoms with Crippen LogP contribution in [-0.2, 0) is 5.41 Å². The first kappa shape index (κ1) is 36.2. The van der Waals surface area contributed by atoms with Gasteiger partial charge in [-0.15, -0.1) is 0 Å². The van der Waals surface area contributed by atoms with Crippen LogP contribution in [0.15, 0.2) is 243 Å². The second kappa shape index (κ2) is 15.3. The molecule has 9 aromatic carbocycles. The molecular weight excluding hydrogens is 737 g/mol. The maximum Gasteiger partial charge on any atom is 0.160 e. The number of nitrogens with zero attached hydrogens (tertiary/aromatic N) is 2. The first-order valence-corrected chi connectivity index (χ1v) is 20.9. The van der Waals surface area contributed by atoms with E-state index in [-0.39, 0.29) is 0 Å². The summed E-state index contributed by atoms with van der Waals surface area (Å²) in [5.74, 6) is 0.695. The van der Waals surface area contributed by atoms with Crippen LogP contribution < -0.4 is 0 Å². The highest BCUT2D eigenvalue weighted by Crippen LogP contribution is 2.58. The number of hydrogen-bond donors (Lipinski definition) is 0. The Labute approximate surface area is 357 Å². The van der Waals surface area contributed by atoms with Crippen molar-refractivity contribution in [2.24, 2.45) is 0 Å². The summed E-state index contributed by atoms with van der Waals surface area (Å²) in [5.41, 5.74) is 19.2. The average molecular weight is 777 g/mol. The highest BCUT2D eigenvalue weighted by Gasteiger charge is 2.46. The molecule has 0 saturated carbocycles. The van der Waals surface area contributed by atoms with Gasteiger partial charge in [-0.25, -0.2) is 9.97 Å². The molecule has 0 spiro atoms. The van der Waals surface area contributed by atoms with Gasteiger partial charge in [0.15, 0.2) is 5.82 Å². The average Bonchev–Trinajstić information content (AvgIpc) is 3.66. The molecule has 0 amide bonds. The summed E-state index contributed by atoms with van der Waals surface area (Å²) in [4.78, 5) is 10.3. The molecular formula is C59H40N2. The molecule has 0 unspecified atom stereocenters. The molecule has 0 saturated heterocycles. The lowest BCUT2D eigenvalue weighted by Gasteiger charge is -2.34. The normalized spacial score (nSPS) is 12.4. The van der Waals surface area contributed by atoms with Crippen LogP contribution in [0.3, 0.4) is 0 Å². The summed E-state index contributed by atoms with van der Waals surface area (Å²) in [6.45, 7) is 0. The van der Waals surface area contributed by atoms with E-state index < -0.39 is 5.41 Å². The second-order valence-electron chi connectivity index (χ2n) is 15.7. The topological polar surface area (TPSA) is 25.8 Å². The minimum absolute atomic E-state index is 0.442. The predicted octanol–water partition coefficient (Wildman–Crippen LogP) is 14.8. The largest absolute Gasteiger partial charge is 0.228 e. The SMILES string of the molecule is c1ccc(-c2cccc(-c3cc(-c4ccccc4)nc(-c4ccc(-c5cccc(-c6cccc7c6-c6ccccc6C7(c6ccccc6)c6ccccc6)c5)cc4)n3)c2)cc1. The van der Waals surface area contributed by atoms with E-state index in [0.29, 0.717) is 5.82 Å². The van der Waals surface area contributed by atoms with E-state index in [9.17, 15) is 0 Å². The van der Waals surface area contributed by atoms with Crippen molar-refractivity contribution >= 4 is 0 Å². The van der Waals surface area contributed by atoms with Crippen molar-refractivity contribution in [3.8, 4) is 78.4 Å². The second-order valence-corrected chi connectivity index (χ2v) is 15.7. The lowest BCUT2D eigenvalue weighted by atomic mass is 9.67. The van der Waals surface area contributed by atoms with Crippen molar-refractivity contribution in [3.63, 3.8) is 0 Å². The first-order valence-electron chi connectivity index (χ1n) is 20.9. The Hall–Kier alpha value is -7.94. The highest BCUT2D eigenvalue weighted by molar-refractivity contribution is 5.96. The van der Waals surface area contributed by atoms with E-state index in [0.717, 1.165) is 44.8 Å². The summed E-state index contributed by atoms with van der Waals surface area (Å²) in [5, 5.41) is 0. The Morgan fingerprint density at radius 2 is 0.689 bits per heavy atom. The predicted molar refractivity (Wildman–Crippen MR) is 252 cm³/mol. The molecule has 286 valence electrons. The molecule has 10 aromatic rings. The molecule has 2 nitrogen and oxygen atoms in total. The zero-order valence-electron chi connectivity index (χ0n) is 33.5. The Balaban J connectivity index is 0.987.